The zero-order chi connectivity index (χ0) is 18.7. The molecule has 3 fully saturated rings. The maximum Gasteiger partial charge on any atom is 0.250 e. The minimum atomic E-state index is -0.189. The lowest BCUT2D eigenvalue weighted by atomic mass is 9.84. The molecule has 0 aliphatic carbocycles. The molecule has 1 aromatic rings. The Hall–Kier alpha value is -2.40. The molecular formula is C21H27N3O2. The van der Waals surface area contributed by atoms with E-state index in [-0.39, 0.29) is 17.9 Å². The quantitative estimate of drug-likeness (QED) is 0.653. The molecular weight excluding hydrogens is 326 g/mol. The van der Waals surface area contributed by atoms with Crippen molar-refractivity contribution in [1.29, 1.82) is 0 Å². The molecule has 0 radical (unpaired) electrons. The van der Waals surface area contributed by atoms with Gasteiger partial charge in [-0.2, -0.15) is 0 Å². The van der Waals surface area contributed by atoms with Gasteiger partial charge in [0.2, 0.25) is 0 Å². The van der Waals surface area contributed by atoms with E-state index in [2.05, 4.69) is 16.8 Å². The number of hydrogen-bond acceptors (Lipinski definition) is 3. The van der Waals surface area contributed by atoms with Crippen LogP contribution < -0.4 is 10.2 Å². The van der Waals surface area contributed by atoms with E-state index in [1.54, 1.807) is 11.9 Å². The van der Waals surface area contributed by atoms with Gasteiger partial charge in [0.1, 0.15) is 0 Å². The number of amides is 2. The number of aryl methyl sites for hydroxylation is 1. The van der Waals surface area contributed by atoms with Crippen LogP contribution in [0.4, 0.5) is 5.69 Å². The van der Waals surface area contributed by atoms with Gasteiger partial charge >= 0.3 is 0 Å². The van der Waals surface area contributed by atoms with Crippen LogP contribution in [0.25, 0.3) is 0 Å². The van der Waals surface area contributed by atoms with Crippen molar-refractivity contribution in [3.8, 4) is 0 Å². The summed E-state index contributed by atoms with van der Waals surface area (Å²) >= 11 is 0. The molecule has 2 amide bonds. The lowest BCUT2D eigenvalue weighted by Gasteiger charge is -2.44. The van der Waals surface area contributed by atoms with Gasteiger partial charge in [-0.3, -0.25) is 9.59 Å². The van der Waals surface area contributed by atoms with Crippen LogP contribution >= 0.6 is 0 Å². The van der Waals surface area contributed by atoms with Gasteiger partial charge < -0.3 is 15.1 Å². The number of likely N-dealkylation sites (N-methyl/N-ethyl adjacent to an activating group) is 1. The number of rotatable bonds is 5. The third kappa shape index (κ3) is 4.22. The Labute approximate surface area is 155 Å². The summed E-state index contributed by atoms with van der Waals surface area (Å²) in [6, 6.07) is 7.92. The van der Waals surface area contributed by atoms with Crippen molar-refractivity contribution in [3.05, 3.63) is 54.1 Å². The number of carbonyl (C=O) groups is 2. The minimum Gasteiger partial charge on any atom is -0.348 e. The lowest BCUT2D eigenvalue weighted by molar-refractivity contribution is -0.119. The summed E-state index contributed by atoms with van der Waals surface area (Å²) in [5, 5.41) is 3.08. The highest BCUT2D eigenvalue weighted by atomic mass is 16.2. The topological polar surface area (TPSA) is 52.7 Å². The molecule has 0 spiro atoms. The maximum absolute atomic E-state index is 12.4. The van der Waals surface area contributed by atoms with E-state index in [1.165, 1.54) is 12.2 Å². The van der Waals surface area contributed by atoms with Crippen LogP contribution in [0.5, 0.6) is 0 Å². The van der Waals surface area contributed by atoms with E-state index in [9.17, 15) is 9.59 Å². The van der Waals surface area contributed by atoms with Crippen molar-refractivity contribution < 1.29 is 9.59 Å². The first-order valence-corrected chi connectivity index (χ1v) is 9.18. The Bertz CT molecular complexity index is 715. The summed E-state index contributed by atoms with van der Waals surface area (Å²) in [5.74, 6) is 0.187. The van der Waals surface area contributed by atoms with Crippen molar-refractivity contribution >= 4 is 17.5 Å². The molecule has 3 heterocycles. The maximum atomic E-state index is 12.4. The molecule has 5 nitrogen and oxygen atoms in total. The molecule has 138 valence electrons. The average molecular weight is 353 g/mol. The molecule has 3 aliphatic heterocycles. The predicted molar refractivity (Wildman–Crippen MR) is 104 cm³/mol. The van der Waals surface area contributed by atoms with E-state index < -0.39 is 0 Å². The highest BCUT2D eigenvalue weighted by Gasteiger charge is 2.34. The zero-order valence-electron chi connectivity index (χ0n) is 15.6. The highest BCUT2D eigenvalue weighted by molar-refractivity contribution is 6.03. The Kier molecular flexibility index (Phi) is 5.57. The average Bonchev–Trinajstić information content (AvgIpc) is 2.66. The number of nitrogens with zero attached hydrogens (tertiary/aromatic N) is 2. The van der Waals surface area contributed by atoms with Crippen LogP contribution in [-0.2, 0) is 9.59 Å². The first-order chi connectivity index (χ1) is 12.4. The first kappa shape index (κ1) is 18.4. The van der Waals surface area contributed by atoms with Crippen LogP contribution in [0.3, 0.4) is 0 Å². The van der Waals surface area contributed by atoms with Gasteiger partial charge in [-0.1, -0.05) is 24.3 Å². The van der Waals surface area contributed by atoms with Gasteiger partial charge in [0.15, 0.2) is 0 Å². The monoisotopic (exact) mass is 353 g/mol. The van der Waals surface area contributed by atoms with E-state index in [1.807, 2.05) is 31.2 Å². The Morgan fingerprint density at radius 1 is 1.19 bits per heavy atom. The van der Waals surface area contributed by atoms with E-state index in [4.69, 9.17) is 0 Å². The lowest BCUT2D eigenvalue weighted by Crippen LogP contribution is -2.57. The number of carbonyl (C=O) groups excluding carboxylic acids is 2. The summed E-state index contributed by atoms with van der Waals surface area (Å²) in [5.41, 5.74) is 2.27. The third-order valence-corrected chi connectivity index (χ3v) is 5.44. The standard InChI is InChI=1S/C21H27N3O2/c1-15-4-7-18(8-5-15)23(3)20(25)9-6-16(2)21(26)22-19-14-24-12-10-17(19)11-13-24/h4-9,17,19H,2,10-14H2,1,3H3,(H,22,26)/b9-6-. The fourth-order valence-electron chi connectivity index (χ4n) is 3.64. The van der Waals surface area contributed by atoms with Gasteiger partial charge in [0, 0.05) is 37.0 Å². The zero-order valence-corrected chi connectivity index (χ0v) is 15.6. The number of hydrogen-bond donors (Lipinski definition) is 1. The number of anilines is 1. The fraction of sp³-hybridized carbons (Fsp3) is 0.429. The third-order valence-electron chi connectivity index (χ3n) is 5.44. The molecule has 26 heavy (non-hydrogen) atoms. The minimum absolute atomic E-state index is 0.189. The highest BCUT2D eigenvalue weighted by Crippen LogP contribution is 2.27. The van der Waals surface area contributed by atoms with E-state index in [0.29, 0.717) is 11.5 Å². The van der Waals surface area contributed by atoms with E-state index >= 15 is 0 Å². The molecule has 1 atom stereocenters. The molecule has 2 bridgehead atoms. The number of benzene rings is 1. The van der Waals surface area contributed by atoms with Gasteiger partial charge in [0.25, 0.3) is 11.8 Å². The summed E-state index contributed by atoms with van der Waals surface area (Å²) in [4.78, 5) is 28.6. The van der Waals surface area contributed by atoms with Crippen molar-refractivity contribution in [1.82, 2.24) is 10.2 Å². The second kappa shape index (κ2) is 7.87. The van der Waals surface area contributed by atoms with Crippen LogP contribution in [0, 0.1) is 12.8 Å². The molecule has 0 aromatic heterocycles. The van der Waals surface area contributed by atoms with E-state index in [0.717, 1.165) is 43.7 Å². The van der Waals surface area contributed by atoms with Crippen molar-refractivity contribution in [3.63, 3.8) is 0 Å². The summed E-state index contributed by atoms with van der Waals surface area (Å²) in [7, 11) is 1.72. The normalized spacial score (nSPS) is 24.5. The van der Waals surface area contributed by atoms with Crippen molar-refractivity contribution in [2.24, 2.45) is 5.92 Å². The second-order valence-corrected chi connectivity index (χ2v) is 7.31. The van der Waals surface area contributed by atoms with Crippen molar-refractivity contribution in [2.45, 2.75) is 25.8 Å². The molecule has 0 saturated carbocycles. The number of nitrogens with one attached hydrogen (secondary N) is 1. The molecule has 1 aromatic carbocycles. The molecule has 1 N–H and O–H groups in total. The van der Waals surface area contributed by atoms with Crippen LogP contribution in [-0.4, -0.2) is 49.4 Å². The first-order valence-electron chi connectivity index (χ1n) is 9.18. The molecule has 3 aliphatic rings. The largest absolute Gasteiger partial charge is 0.348 e. The molecule has 5 heteroatoms. The Balaban J connectivity index is 1.53. The molecule has 4 rings (SSSR count). The van der Waals surface area contributed by atoms with Gasteiger partial charge in [-0.15, -0.1) is 0 Å². The van der Waals surface area contributed by atoms with Crippen molar-refractivity contribution in [2.75, 3.05) is 31.6 Å². The summed E-state index contributed by atoms with van der Waals surface area (Å²) in [6.45, 7) is 9.01. The van der Waals surface area contributed by atoms with Crippen LogP contribution in [0.2, 0.25) is 0 Å². The summed E-state index contributed by atoms with van der Waals surface area (Å²) < 4.78 is 0. The molecule has 1 unspecified atom stereocenters. The predicted octanol–water partition coefficient (Wildman–Crippen LogP) is 2.28. The van der Waals surface area contributed by atoms with Crippen LogP contribution in [0.1, 0.15) is 18.4 Å². The smallest absolute Gasteiger partial charge is 0.250 e. The van der Waals surface area contributed by atoms with Gasteiger partial charge in [-0.05, 0) is 57.0 Å². The summed E-state index contributed by atoms with van der Waals surface area (Å²) in [6.07, 6.45) is 5.20. The van der Waals surface area contributed by atoms with Gasteiger partial charge in [0.05, 0.1) is 0 Å². The number of piperidine rings is 3. The van der Waals surface area contributed by atoms with Gasteiger partial charge in [-0.25, -0.2) is 0 Å². The SMILES string of the molecule is C=C(/C=C\C(=O)N(C)c1ccc(C)cc1)C(=O)NC1CN2CCC1CC2. The number of fused-ring (bicyclic) bond motifs is 3. The molecule has 3 saturated heterocycles. The van der Waals surface area contributed by atoms with Crippen LogP contribution in [0.15, 0.2) is 48.6 Å². The Morgan fingerprint density at radius 3 is 2.42 bits per heavy atom. The fourth-order valence-corrected chi connectivity index (χ4v) is 3.64. The second-order valence-electron chi connectivity index (χ2n) is 7.31. The Morgan fingerprint density at radius 2 is 1.85 bits per heavy atom.